The van der Waals surface area contributed by atoms with Crippen molar-refractivity contribution in [3.8, 4) is 5.82 Å². The van der Waals surface area contributed by atoms with Gasteiger partial charge in [0.15, 0.2) is 5.82 Å². The van der Waals surface area contributed by atoms with Crippen molar-refractivity contribution < 1.29 is 21.6 Å². The molecule has 0 atom stereocenters. The van der Waals surface area contributed by atoms with E-state index in [-0.39, 0.29) is 17.3 Å². The average molecular weight is 460 g/mol. The molecule has 0 unspecified atom stereocenters. The van der Waals surface area contributed by atoms with E-state index >= 15 is 0 Å². The maximum absolute atomic E-state index is 13.5. The van der Waals surface area contributed by atoms with E-state index in [0.29, 0.717) is 23.9 Å². The number of nitrogens with zero attached hydrogens (tertiary/aromatic N) is 6. The number of pyridine rings is 1. The molecule has 0 spiro atoms. The lowest BCUT2D eigenvalue weighted by molar-refractivity contribution is -0.137. The fraction of sp³-hybridized carbons (Fsp3) is 0.150. The number of anilines is 1. The molecule has 3 aromatic heterocycles. The Bertz CT molecular complexity index is 1440. The van der Waals surface area contributed by atoms with Gasteiger partial charge in [-0.05, 0) is 18.2 Å². The third-order valence-corrected chi connectivity index (χ3v) is 6.84. The number of hydrogen-bond donors (Lipinski definition) is 0. The molecule has 1 aliphatic rings. The molecule has 0 N–H and O–H groups in total. The fourth-order valence-corrected chi connectivity index (χ4v) is 4.89. The van der Waals surface area contributed by atoms with Gasteiger partial charge in [-0.25, -0.2) is 18.1 Å². The minimum absolute atomic E-state index is 0.0622. The van der Waals surface area contributed by atoms with Gasteiger partial charge in [-0.1, -0.05) is 24.3 Å². The molecule has 32 heavy (non-hydrogen) atoms. The van der Waals surface area contributed by atoms with Crippen LogP contribution < -0.4 is 4.31 Å². The molecule has 0 saturated heterocycles. The summed E-state index contributed by atoms with van der Waals surface area (Å²) in [7, 11) is -4.02. The van der Waals surface area contributed by atoms with Gasteiger partial charge >= 0.3 is 6.18 Å². The Hall–Kier alpha value is -3.67. The van der Waals surface area contributed by atoms with Crippen molar-refractivity contribution in [2.45, 2.75) is 17.6 Å². The van der Waals surface area contributed by atoms with Crippen molar-refractivity contribution in [2.75, 3.05) is 10.8 Å². The number of benzene rings is 1. The van der Waals surface area contributed by atoms with Crippen LogP contribution in [-0.2, 0) is 22.7 Å². The molecular formula is C20H15F3N6O2S. The van der Waals surface area contributed by atoms with Crippen LogP contribution in [0.1, 0.15) is 5.56 Å². The van der Waals surface area contributed by atoms with Crippen LogP contribution in [0.2, 0.25) is 0 Å². The van der Waals surface area contributed by atoms with Gasteiger partial charge in [-0.2, -0.15) is 23.4 Å². The van der Waals surface area contributed by atoms with Gasteiger partial charge in [0, 0.05) is 17.8 Å². The summed E-state index contributed by atoms with van der Waals surface area (Å²) < 4.78 is 69.3. The van der Waals surface area contributed by atoms with Crippen LogP contribution in [0, 0.1) is 0 Å². The van der Waals surface area contributed by atoms with E-state index < -0.39 is 21.8 Å². The number of hydrogen-bond acceptors (Lipinski definition) is 5. The third kappa shape index (κ3) is 3.32. The van der Waals surface area contributed by atoms with Crippen LogP contribution >= 0.6 is 0 Å². The highest BCUT2D eigenvalue weighted by molar-refractivity contribution is 7.92. The summed E-state index contributed by atoms with van der Waals surface area (Å²) in [5, 5.41) is 8.79. The summed E-state index contributed by atoms with van der Waals surface area (Å²) in [4.78, 5) is 3.93. The molecule has 0 bridgehead atoms. The Labute approximate surface area is 180 Å². The highest BCUT2D eigenvalue weighted by Crippen LogP contribution is 2.32. The molecule has 0 radical (unpaired) electrons. The van der Waals surface area contributed by atoms with Crippen molar-refractivity contribution >= 4 is 26.6 Å². The van der Waals surface area contributed by atoms with Crippen LogP contribution in [0.25, 0.3) is 16.7 Å². The molecule has 1 aromatic carbocycles. The quantitative estimate of drug-likeness (QED) is 0.438. The normalized spacial score (nSPS) is 15.5. The lowest BCUT2D eigenvalue weighted by Gasteiger charge is -2.25. The number of aromatic nitrogens is 5. The number of rotatable bonds is 3. The van der Waals surface area contributed by atoms with Gasteiger partial charge < -0.3 is 0 Å². The second kappa shape index (κ2) is 7.19. The van der Waals surface area contributed by atoms with E-state index in [2.05, 4.69) is 15.2 Å². The predicted molar refractivity (Wildman–Crippen MR) is 110 cm³/mol. The van der Waals surface area contributed by atoms with Crippen LogP contribution in [0.3, 0.4) is 0 Å². The SMILES string of the molecule is O=S(=O)(c1ccc(-n2cc(C(F)(F)F)cn2)nc1)N1C/C=C\Cn2ncc3cccc1c32. The molecule has 4 aromatic rings. The minimum Gasteiger partial charge on any atom is -0.260 e. The van der Waals surface area contributed by atoms with E-state index in [0.717, 1.165) is 22.5 Å². The first-order chi connectivity index (χ1) is 15.2. The molecule has 0 aliphatic carbocycles. The first kappa shape index (κ1) is 20.2. The predicted octanol–water partition coefficient (Wildman–Crippen LogP) is 3.40. The van der Waals surface area contributed by atoms with Gasteiger partial charge in [0.2, 0.25) is 0 Å². The van der Waals surface area contributed by atoms with E-state index in [1.165, 1.54) is 16.4 Å². The van der Waals surface area contributed by atoms with Gasteiger partial charge in [0.25, 0.3) is 10.0 Å². The number of sulfonamides is 1. The van der Waals surface area contributed by atoms with Gasteiger partial charge in [0.05, 0.1) is 42.3 Å². The summed E-state index contributed by atoms with van der Waals surface area (Å²) in [6.07, 6.45) is 3.31. The second-order valence-electron chi connectivity index (χ2n) is 7.07. The van der Waals surface area contributed by atoms with Crippen molar-refractivity contribution in [3.63, 3.8) is 0 Å². The zero-order valence-corrected chi connectivity index (χ0v) is 17.1. The summed E-state index contributed by atoms with van der Waals surface area (Å²) in [5.74, 6) is 0.0622. The second-order valence-corrected chi connectivity index (χ2v) is 8.93. The molecule has 5 rings (SSSR count). The van der Waals surface area contributed by atoms with Gasteiger partial charge in [-0.15, -0.1) is 0 Å². The Morgan fingerprint density at radius 2 is 1.75 bits per heavy atom. The van der Waals surface area contributed by atoms with Crippen LogP contribution in [0.5, 0.6) is 0 Å². The number of alkyl halides is 3. The molecule has 4 heterocycles. The van der Waals surface area contributed by atoms with Crippen LogP contribution in [0.15, 0.2) is 72.2 Å². The molecule has 12 heteroatoms. The Kier molecular flexibility index (Phi) is 4.55. The maximum atomic E-state index is 13.5. The molecule has 164 valence electrons. The smallest absolute Gasteiger partial charge is 0.260 e. The highest BCUT2D eigenvalue weighted by atomic mass is 32.2. The number of para-hydroxylation sites is 1. The molecule has 0 amide bonds. The maximum Gasteiger partial charge on any atom is 0.419 e. The fourth-order valence-electron chi connectivity index (χ4n) is 3.52. The summed E-state index contributed by atoms with van der Waals surface area (Å²) in [6, 6.07) is 7.93. The lowest BCUT2D eigenvalue weighted by Crippen LogP contribution is -2.32. The van der Waals surface area contributed by atoms with Crippen LogP contribution in [0.4, 0.5) is 18.9 Å². The first-order valence-corrected chi connectivity index (χ1v) is 10.9. The van der Waals surface area contributed by atoms with Gasteiger partial charge in [-0.3, -0.25) is 8.99 Å². The summed E-state index contributed by atoms with van der Waals surface area (Å²) in [5.41, 5.74) is 0.254. The van der Waals surface area contributed by atoms with Gasteiger partial charge in [0.1, 0.15) is 4.90 Å². The van der Waals surface area contributed by atoms with Crippen molar-refractivity contribution in [1.29, 1.82) is 0 Å². The third-order valence-electron chi connectivity index (χ3n) is 5.08. The van der Waals surface area contributed by atoms with Crippen molar-refractivity contribution in [1.82, 2.24) is 24.5 Å². The van der Waals surface area contributed by atoms with Crippen molar-refractivity contribution in [3.05, 3.63) is 72.8 Å². The topological polar surface area (TPSA) is 85.9 Å². The Morgan fingerprint density at radius 3 is 2.47 bits per heavy atom. The summed E-state index contributed by atoms with van der Waals surface area (Å²) >= 11 is 0. The van der Waals surface area contributed by atoms with E-state index in [1.54, 1.807) is 29.1 Å². The number of allylic oxidation sites excluding steroid dienone is 1. The Balaban J connectivity index is 1.53. The Morgan fingerprint density at radius 1 is 0.938 bits per heavy atom. The lowest BCUT2D eigenvalue weighted by atomic mass is 10.2. The van der Waals surface area contributed by atoms with E-state index in [1.807, 2.05) is 12.1 Å². The zero-order valence-electron chi connectivity index (χ0n) is 16.3. The molecule has 0 fully saturated rings. The van der Waals surface area contributed by atoms with E-state index in [4.69, 9.17) is 0 Å². The first-order valence-electron chi connectivity index (χ1n) is 9.46. The van der Waals surface area contributed by atoms with E-state index in [9.17, 15) is 21.6 Å². The zero-order chi connectivity index (χ0) is 22.5. The van der Waals surface area contributed by atoms with Crippen molar-refractivity contribution in [2.24, 2.45) is 0 Å². The highest BCUT2D eigenvalue weighted by Gasteiger charge is 2.32. The summed E-state index contributed by atoms with van der Waals surface area (Å²) in [6.45, 7) is 0.636. The molecule has 8 nitrogen and oxygen atoms in total. The standard InChI is InChI=1S/C20H15F3N6O2S/c21-20(22,23)15-11-26-28(13-15)18-7-6-16(12-24-18)32(30,31)29-9-2-1-8-27-19-14(10-25-27)4-3-5-17(19)29/h1-7,10-13H,8-9H2/b2-1-. The monoisotopic (exact) mass is 460 g/mol. The average Bonchev–Trinajstić information content (AvgIpc) is 3.39. The van der Waals surface area contributed by atoms with Crippen LogP contribution in [-0.4, -0.2) is 39.5 Å². The minimum atomic E-state index is -4.53. The largest absolute Gasteiger partial charge is 0.419 e. The number of halogens is 3. The molecular weight excluding hydrogens is 445 g/mol. The molecule has 0 saturated carbocycles. The molecule has 1 aliphatic heterocycles.